The zero-order chi connectivity index (χ0) is 11.8. The SMILES string of the molecule is CC1(C)CN(CC2CCNC2)CC(C)(C)O1. The van der Waals surface area contributed by atoms with E-state index < -0.39 is 0 Å². The van der Waals surface area contributed by atoms with E-state index in [9.17, 15) is 0 Å². The van der Waals surface area contributed by atoms with Crippen LogP contribution in [0.5, 0.6) is 0 Å². The second kappa shape index (κ2) is 4.28. The molecule has 16 heavy (non-hydrogen) atoms. The molecule has 2 heterocycles. The minimum Gasteiger partial charge on any atom is -0.367 e. The smallest absolute Gasteiger partial charge is 0.0760 e. The summed E-state index contributed by atoms with van der Waals surface area (Å²) in [6.07, 6.45) is 1.33. The largest absolute Gasteiger partial charge is 0.367 e. The van der Waals surface area contributed by atoms with Gasteiger partial charge in [0.1, 0.15) is 0 Å². The van der Waals surface area contributed by atoms with E-state index in [1.54, 1.807) is 0 Å². The number of nitrogens with one attached hydrogen (secondary N) is 1. The molecule has 3 heteroatoms. The molecule has 0 aromatic carbocycles. The van der Waals surface area contributed by atoms with Crippen molar-refractivity contribution in [3.63, 3.8) is 0 Å². The average molecular weight is 226 g/mol. The molecule has 0 aliphatic carbocycles. The molecule has 2 fully saturated rings. The van der Waals surface area contributed by atoms with Gasteiger partial charge in [0.2, 0.25) is 0 Å². The molecule has 0 bridgehead atoms. The molecule has 0 aromatic heterocycles. The van der Waals surface area contributed by atoms with Crippen molar-refractivity contribution in [3.8, 4) is 0 Å². The zero-order valence-electron chi connectivity index (χ0n) is 11.2. The Labute approximate surface area is 99.5 Å². The van der Waals surface area contributed by atoms with Gasteiger partial charge >= 0.3 is 0 Å². The van der Waals surface area contributed by atoms with Crippen LogP contribution in [0, 0.1) is 5.92 Å². The van der Waals surface area contributed by atoms with Gasteiger partial charge in [-0.25, -0.2) is 0 Å². The van der Waals surface area contributed by atoms with Gasteiger partial charge in [0.05, 0.1) is 11.2 Å². The molecule has 3 nitrogen and oxygen atoms in total. The second-order valence-corrected chi connectivity index (χ2v) is 6.65. The molecule has 0 radical (unpaired) electrons. The van der Waals surface area contributed by atoms with E-state index in [0.717, 1.165) is 19.0 Å². The first-order valence-electron chi connectivity index (χ1n) is 6.50. The van der Waals surface area contributed by atoms with Gasteiger partial charge in [-0.05, 0) is 53.1 Å². The lowest BCUT2D eigenvalue weighted by Gasteiger charge is -2.47. The number of hydrogen-bond acceptors (Lipinski definition) is 3. The molecule has 2 saturated heterocycles. The van der Waals surface area contributed by atoms with Crippen LogP contribution >= 0.6 is 0 Å². The van der Waals surface area contributed by atoms with Crippen LogP contribution in [0.15, 0.2) is 0 Å². The Balaban J connectivity index is 1.93. The molecule has 94 valence electrons. The first kappa shape index (κ1) is 12.3. The first-order chi connectivity index (χ1) is 7.36. The maximum absolute atomic E-state index is 6.10. The summed E-state index contributed by atoms with van der Waals surface area (Å²) in [5, 5.41) is 3.45. The van der Waals surface area contributed by atoms with Crippen LogP contribution in [0.3, 0.4) is 0 Å². The third kappa shape index (κ3) is 3.19. The van der Waals surface area contributed by atoms with E-state index in [4.69, 9.17) is 4.74 Å². The quantitative estimate of drug-likeness (QED) is 0.772. The van der Waals surface area contributed by atoms with Crippen LogP contribution in [0.2, 0.25) is 0 Å². The van der Waals surface area contributed by atoms with Crippen molar-refractivity contribution in [1.82, 2.24) is 10.2 Å². The summed E-state index contributed by atoms with van der Waals surface area (Å²) in [6.45, 7) is 14.5. The van der Waals surface area contributed by atoms with Gasteiger partial charge in [0, 0.05) is 19.6 Å². The van der Waals surface area contributed by atoms with Crippen LogP contribution in [-0.4, -0.2) is 48.8 Å². The Morgan fingerprint density at radius 1 is 1.19 bits per heavy atom. The highest BCUT2D eigenvalue weighted by Gasteiger charge is 2.38. The van der Waals surface area contributed by atoms with Crippen molar-refractivity contribution in [1.29, 1.82) is 0 Å². The van der Waals surface area contributed by atoms with Gasteiger partial charge in [-0.15, -0.1) is 0 Å². The van der Waals surface area contributed by atoms with E-state index >= 15 is 0 Å². The highest BCUT2D eigenvalue weighted by atomic mass is 16.5. The van der Waals surface area contributed by atoms with Crippen molar-refractivity contribution in [2.24, 2.45) is 5.92 Å². The Kier molecular flexibility index (Phi) is 3.30. The average Bonchev–Trinajstić information content (AvgIpc) is 2.49. The maximum Gasteiger partial charge on any atom is 0.0760 e. The number of rotatable bonds is 2. The van der Waals surface area contributed by atoms with E-state index in [0.29, 0.717) is 0 Å². The molecule has 2 aliphatic rings. The van der Waals surface area contributed by atoms with Crippen molar-refractivity contribution in [3.05, 3.63) is 0 Å². The highest BCUT2D eigenvalue weighted by Crippen LogP contribution is 2.28. The van der Waals surface area contributed by atoms with Gasteiger partial charge < -0.3 is 10.1 Å². The fraction of sp³-hybridized carbons (Fsp3) is 1.00. The van der Waals surface area contributed by atoms with Gasteiger partial charge in [0.15, 0.2) is 0 Å². The Bertz CT molecular complexity index is 228. The monoisotopic (exact) mass is 226 g/mol. The lowest BCUT2D eigenvalue weighted by molar-refractivity contribution is -0.181. The van der Waals surface area contributed by atoms with Crippen molar-refractivity contribution >= 4 is 0 Å². The predicted molar refractivity (Wildman–Crippen MR) is 66.7 cm³/mol. The Hall–Kier alpha value is -0.120. The summed E-state index contributed by atoms with van der Waals surface area (Å²) in [5.74, 6) is 0.838. The summed E-state index contributed by atoms with van der Waals surface area (Å²) in [6, 6.07) is 0. The fourth-order valence-corrected chi connectivity index (χ4v) is 3.31. The van der Waals surface area contributed by atoms with Crippen LogP contribution in [0.1, 0.15) is 34.1 Å². The third-order valence-electron chi connectivity index (χ3n) is 3.44. The van der Waals surface area contributed by atoms with Crippen LogP contribution < -0.4 is 5.32 Å². The van der Waals surface area contributed by atoms with Gasteiger partial charge in [0.25, 0.3) is 0 Å². The number of morpholine rings is 1. The molecule has 2 rings (SSSR count). The first-order valence-corrected chi connectivity index (χ1v) is 6.50. The van der Waals surface area contributed by atoms with E-state index in [1.165, 1.54) is 26.1 Å². The van der Waals surface area contributed by atoms with Crippen molar-refractivity contribution in [2.45, 2.75) is 45.3 Å². The van der Waals surface area contributed by atoms with Crippen LogP contribution in [0.4, 0.5) is 0 Å². The molecule has 1 atom stereocenters. The fourth-order valence-electron chi connectivity index (χ4n) is 3.31. The molecule has 0 amide bonds. The van der Waals surface area contributed by atoms with Gasteiger partial charge in [-0.2, -0.15) is 0 Å². The van der Waals surface area contributed by atoms with Crippen molar-refractivity contribution in [2.75, 3.05) is 32.7 Å². The molecule has 0 saturated carbocycles. The summed E-state index contributed by atoms with van der Waals surface area (Å²) >= 11 is 0. The zero-order valence-corrected chi connectivity index (χ0v) is 11.2. The molecular weight excluding hydrogens is 200 g/mol. The number of ether oxygens (including phenoxy) is 1. The normalized spacial score (nSPS) is 34.1. The molecule has 0 spiro atoms. The number of hydrogen-bond donors (Lipinski definition) is 1. The molecule has 0 aromatic rings. The summed E-state index contributed by atoms with van der Waals surface area (Å²) in [7, 11) is 0. The maximum atomic E-state index is 6.10. The highest BCUT2D eigenvalue weighted by molar-refractivity contribution is 4.90. The van der Waals surface area contributed by atoms with Crippen LogP contribution in [-0.2, 0) is 4.74 Å². The molecule has 1 unspecified atom stereocenters. The Morgan fingerprint density at radius 2 is 1.81 bits per heavy atom. The summed E-state index contributed by atoms with van der Waals surface area (Å²) in [4.78, 5) is 2.58. The van der Waals surface area contributed by atoms with Crippen LogP contribution in [0.25, 0.3) is 0 Å². The lowest BCUT2D eigenvalue weighted by Crippen LogP contribution is -2.57. The summed E-state index contributed by atoms with van der Waals surface area (Å²) < 4.78 is 6.10. The standard InChI is InChI=1S/C13H26N2O/c1-12(2)9-15(10-13(3,4)16-12)8-11-5-6-14-7-11/h11,14H,5-10H2,1-4H3. The minimum atomic E-state index is -0.00617. The second-order valence-electron chi connectivity index (χ2n) is 6.65. The number of nitrogens with zero attached hydrogens (tertiary/aromatic N) is 1. The Morgan fingerprint density at radius 3 is 2.31 bits per heavy atom. The predicted octanol–water partition coefficient (Wildman–Crippen LogP) is 1.49. The molecule has 1 N–H and O–H groups in total. The summed E-state index contributed by atoms with van der Waals surface area (Å²) in [5.41, 5.74) is -0.0123. The molecule has 2 aliphatic heterocycles. The van der Waals surface area contributed by atoms with E-state index in [-0.39, 0.29) is 11.2 Å². The lowest BCUT2D eigenvalue weighted by atomic mass is 9.97. The van der Waals surface area contributed by atoms with Gasteiger partial charge in [-0.3, -0.25) is 4.90 Å². The third-order valence-corrected chi connectivity index (χ3v) is 3.44. The van der Waals surface area contributed by atoms with E-state index in [1.807, 2.05) is 0 Å². The van der Waals surface area contributed by atoms with E-state index in [2.05, 4.69) is 37.9 Å². The van der Waals surface area contributed by atoms with Gasteiger partial charge in [-0.1, -0.05) is 0 Å². The topological polar surface area (TPSA) is 24.5 Å². The minimum absolute atomic E-state index is 0.00617. The molecular formula is C13H26N2O. The van der Waals surface area contributed by atoms with Crippen molar-refractivity contribution < 1.29 is 4.74 Å².